The van der Waals surface area contributed by atoms with Gasteiger partial charge in [0.25, 0.3) is 5.91 Å². The highest BCUT2D eigenvalue weighted by Crippen LogP contribution is 2.26. The van der Waals surface area contributed by atoms with Gasteiger partial charge in [0.15, 0.2) is 5.11 Å². The molecule has 1 unspecified atom stereocenters. The number of para-hydroxylation sites is 2. The lowest BCUT2D eigenvalue weighted by molar-refractivity contribution is 0.0682. The number of thiocarbonyl (C=S) groups is 1. The molecule has 0 aliphatic carbocycles. The molecule has 1 atom stereocenters. The fourth-order valence-electron chi connectivity index (χ4n) is 3.19. The summed E-state index contributed by atoms with van der Waals surface area (Å²) in [7, 11) is 0. The Hall–Kier alpha value is -2.16. The van der Waals surface area contributed by atoms with E-state index < -0.39 is 0 Å². The maximum atomic E-state index is 12.9. The molecular weight excluding hydrogens is 492 g/mol. The van der Waals surface area contributed by atoms with Gasteiger partial charge in [-0.1, -0.05) is 41.9 Å². The van der Waals surface area contributed by atoms with E-state index in [1.54, 1.807) is 12.1 Å². The summed E-state index contributed by atoms with van der Waals surface area (Å²) in [6.45, 7) is 6.06. The van der Waals surface area contributed by atoms with E-state index in [9.17, 15) is 4.79 Å². The summed E-state index contributed by atoms with van der Waals surface area (Å²) < 4.78 is 18.2. The molecule has 172 valence electrons. The number of hydrogen-bond acceptors (Lipinski definition) is 5. The van der Waals surface area contributed by atoms with Crippen molar-refractivity contribution in [2.24, 2.45) is 5.92 Å². The molecule has 2 aromatic rings. The number of carbonyl (C=O) groups excluding carboxylic acids is 1. The summed E-state index contributed by atoms with van der Waals surface area (Å²) in [4.78, 5) is 12.9. The second-order valence-electron chi connectivity index (χ2n) is 8.02. The van der Waals surface area contributed by atoms with Gasteiger partial charge in [0, 0.05) is 11.1 Å². The molecule has 0 spiro atoms. The average Bonchev–Trinajstić information content (AvgIpc) is 3.27. The molecule has 0 bridgehead atoms. The summed E-state index contributed by atoms with van der Waals surface area (Å²) in [6, 6.07) is 12.8. The van der Waals surface area contributed by atoms with Gasteiger partial charge >= 0.3 is 0 Å². The lowest BCUT2D eigenvalue weighted by atomic mass is 10.1. The third-order valence-electron chi connectivity index (χ3n) is 4.95. The normalized spacial score (nSPS) is 15.4. The molecule has 0 aromatic heterocycles. The van der Waals surface area contributed by atoms with Crippen LogP contribution in [0.5, 0.6) is 11.5 Å². The highest BCUT2D eigenvalue weighted by Gasteiger charge is 2.18. The van der Waals surface area contributed by atoms with Crippen molar-refractivity contribution in [3.8, 4) is 11.5 Å². The van der Waals surface area contributed by atoms with Gasteiger partial charge < -0.3 is 19.5 Å². The lowest BCUT2D eigenvalue weighted by Gasteiger charge is -2.17. The third kappa shape index (κ3) is 7.46. The van der Waals surface area contributed by atoms with Crippen LogP contribution < -0.4 is 20.1 Å². The van der Waals surface area contributed by atoms with Crippen molar-refractivity contribution in [2.45, 2.75) is 39.2 Å². The molecule has 0 saturated carbocycles. The van der Waals surface area contributed by atoms with Gasteiger partial charge in [-0.05, 0) is 67.7 Å². The van der Waals surface area contributed by atoms with E-state index in [2.05, 4.69) is 40.4 Å². The van der Waals surface area contributed by atoms with E-state index in [0.717, 1.165) is 30.3 Å². The Bertz CT molecular complexity index is 932. The number of amides is 1. The Morgan fingerprint density at radius 3 is 2.78 bits per heavy atom. The van der Waals surface area contributed by atoms with Crippen LogP contribution >= 0.6 is 28.1 Å². The number of ether oxygens (including phenoxy) is 3. The molecule has 1 aliphatic rings. The number of hydrogen-bond donors (Lipinski definition) is 2. The summed E-state index contributed by atoms with van der Waals surface area (Å²) >= 11 is 8.81. The van der Waals surface area contributed by atoms with Crippen LogP contribution in [0.15, 0.2) is 46.9 Å². The molecular formula is C24H29BrN2O4S. The predicted molar refractivity (Wildman–Crippen MR) is 134 cm³/mol. The van der Waals surface area contributed by atoms with Gasteiger partial charge in [-0.15, -0.1) is 0 Å². The molecule has 2 N–H and O–H groups in total. The van der Waals surface area contributed by atoms with Crippen molar-refractivity contribution in [2.75, 3.05) is 25.1 Å². The number of carbonyl (C=O) groups is 1. The number of anilines is 1. The van der Waals surface area contributed by atoms with Crippen molar-refractivity contribution in [1.29, 1.82) is 0 Å². The van der Waals surface area contributed by atoms with Crippen LogP contribution in [0.2, 0.25) is 0 Å². The van der Waals surface area contributed by atoms with Crippen LogP contribution in [0, 0.1) is 5.92 Å². The predicted octanol–water partition coefficient (Wildman–Crippen LogP) is 5.56. The van der Waals surface area contributed by atoms with Crippen molar-refractivity contribution in [1.82, 2.24) is 5.32 Å². The third-order valence-corrected chi connectivity index (χ3v) is 5.65. The first-order valence-corrected chi connectivity index (χ1v) is 12.0. The molecule has 1 aliphatic heterocycles. The minimum atomic E-state index is -0.346. The minimum Gasteiger partial charge on any atom is -0.493 e. The fraction of sp³-hybridized carbons (Fsp3) is 0.417. The molecule has 1 heterocycles. The van der Waals surface area contributed by atoms with E-state index >= 15 is 0 Å². The van der Waals surface area contributed by atoms with Crippen molar-refractivity contribution in [3.05, 3.63) is 52.5 Å². The van der Waals surface area contributed by atoms with Gasteiger partial charge in [0.1, 0.15) is 18.1 Å². The summed E-state index contributed by atoms with van der Waals surface area (Å²) in [5, 5.41) is 5.97. The van der Waals surface area contributed by atoms with Crippen molar-refractivity contribution in [3.63, 3.8) is 0 Å². The van der Waals surface area contributed by atoms with Crippen LogP contribution in [0.25, 0.3) is 0 Å². The molecule has 8 heteroatoms. The smallest absolute Gasteiger partial charge is 0.261 e. The van der Waals surface area contributed by atoms with Crippen molar-refractivity contribution >= 4 is 44.9 Å². The van der Waals surface area contributed by atoms with Crippen molar-refractivity contribution < 1.29 is 19.0 Å². The van der Waals surface area contributed by atoms with Crippen LogP contribution in [-0.2, 0) is 4.74 Å². The highest BCUT2D eigenvalue weighted by atomic mass is 79.9. The summed E-state index contributed by atoms with van der Waals surface area (Å²) in [5.74, 6) is 1.34. The zero-order valence-corrected chi connectivity index (χ0v) is 20.8. The maximum Gasteiger partial charge on any atom is 0.261 e. The van der Waals surface area contributed by atoms with Crippen LogP contribution in [0.3, 0.4) is 0 Å². The standard InChI is InChI=1S/C24H29BrN2O4S/c1-16(2)11-13-30-21-10-9-17(25)14-19(21)23(28)27-24(32)26-20-7-3-4-8-22(20)31-15-18-6-5-12-29-18/h3-4,7-10,14,16,18H,5-6,11-13,15H2,1-2H3,(H2,26,27,28,32). The first-order valence-electron chi connectivity index (χ1n) is 10.8. The Balaban J connectivity index is 1.61. The second kappa shape index (κ2) is 12.2. The molecule has 3 rings (SSSR count). The molecule has 6 nitrogen and oxygen atoms in total. The zero-order chi connectivity index (χ0) is 22.9. The largest absolute Gasteiger partial charge is 0.493 e. The second-order valence-corrected chi connectivity index (χ2v) is 9.35. The highest BCUT2D eigenvalue weighted by molar-refractivity contribution is 9.10. The molecule has 32 heavy (non-hydrogen) atoms. The Labute approximate surface area is 203 Å². The number of nitrogens with one attached hydrogen (secondary N) is 2. The maximum absolute atomic E-state index is 12.9. The molecule has 1 fully saturated rings. The summed E-state index contributed by atoms with van der Waals surface area (Å²) in [6.07, 6.45) is 3.07. The lowest BCUT2D eigenvalue weighted by Crippen LogP contribution is -2.34. The van der Waals surface area contributed by atoms with E-state index in [0.29, 0.717) is 41.9 Å². The topological polar surface area (TPSA) is 68.8 Å². The molecule has 0 radical (unpaired) electrons. The number of benzene rings is 2. The van der Waals surface area contributed by atoms with E-state index in [1.165, 1.54) is 0 Å². The van der Waals surface area contributed by atoms with E-state index in [-0.39, 0.29) is 17.1 Å². The Kier molecular flexibility index (Phi) is 9.32. The van der Waals surface area contributed by atoms with Crippen LogP contribution in [-0.4, -0.2) is 36.9 Å². The number of halogens is 1. The monoisotopic (exact) mass is 520 g/mol. The average molecular weight is 521 g/mol. The molecule has 2 aromatic carbocycles. The first-order chi connectivity index (χ1) is 15.4. The minimum absolute atomic E-state index is 0.111. The van der Waals surface area contributed by atoms with Gasteiger partial charge in [-0.2, -0.15) is 0 Å². The fourth-order valence-corrected chi connectivity index (χ4v) is 3.75. The van der Waals surface area contributed by atoms with Gasteiger partial charge in [-0.25, -0.2) is 0 Å². The molecule has 1 amide bonds. The van der Waals surface area contributed by atoms with Gasteiger partial charge in [0.05, 0.1) is 24.0 Å². The Morgan fingerprint density at radius 2 is 2.03 bits per heavy atom. The first kappa shape index (κ1) is 24.5. The Morgan fingerprint density at radius 1 is 1.22 bits per heavy atom. The number of rotatable bonds is 9. The van der Waals surface area contributed by atoms with E-state index in [4.69, 9.17) is 26.4 Å². The summed E-state index contributed by atoms with van der Waals surface area (Å²) in [5.41, 5.74) is 1.09. The molecule has 1 saturated heterocycles. The van der Waals surface area contributed by atoms with Crippen LogP contribution in [0.1, 0.15) is 43.5 Å². The zero-order valence-electron chi connectivity index (χ0n) is 18.4. The SMILES string of the molecule is CC(C)CCOc1ccc(Br)cc1C(=O)NC(=S)Nc1ccccc1OCC1CCCO1. The van der Waals surface area contributed by atoms with Gasteiger partial charge in [-0.3, -0.25) is 10.1 Å². The quantitative estimate of drug-likeness (QED) is 0.422. The van der Waals surface area contributed by atoms with Gasteiger partial charge in [0.2, 0.25) is 0 Å². The van der Waals surface area contributed by atoms with Crippen LogP contribution in [0.4, 0.5) is 5.69 Å². The van der Waals surface area contributed by atoms with E-state index in [1.807, 2.05) is 30.3 Å².